The van der Waals surface area contributed by atoms with Crippen LogP contribution in [0, 0.1) is 6.92 Å². The van der Waals surface area contributed by atoms with Gasteiger partial charge in [-0.2, -0.15) is 0 Å². The number of benzene rings is 1. The van der Waals surface area contributed by atoms with Crippen molar-refractivity contribution in [3.8, 4) is 5.75 Å². The van der Waals surface area contributed by atoms with Crippen LogP contribution in [0.4, 0.5) is 10.7 Å². The van der Waals surface area contributed by atoms with Gasteiger partial charge in [-0.15, -0.1) is 0 Å². The first-order chi connectivity index (χ1) is 17.8. The average Bonchev–Trinajstić information content (AvgIpc) is 3.34. The largest absolute Gasteiger partial charge is 0.479 e. The van der Waals surface area contributed by atoms with Crippen LogP contribution in [-0.2, 0) is 4.79 Å². The number of halogens is 1. The number of anilines is 1. The van der Waals surface area contributed by atoms with Crippen LogP contribution < -0.4 is 15.4 Å². The van der Waals surface area contributed by atoms with Gasteiger partial charge in [0, 0.05) is 43.5 Å². The third-order valence-corrected chi connectivity index (χ3v) is 7.05. The molecule has 0 saturated carbocycles. The molecule has 4 heterocycles. The number of nitrogens with one attached hydrogen (secondary N) is 2. The summed E-state index contributed by atoms with van der Waals surface area (Å²) in [4.78, 5) is 47.2. The highest BCUT2D eigenvalue weighted by Gasteiger charge is 2.31. The molecule has 2 aliphatic heterocycles. The Morgan fingerprint density at radius 3 is 2.81 bits per heavy atom. The number of pyridine rings is 1. The van der Waals surface area contributed by atoms with Crippen molar-refractivity contribution in [2.45, 2.75) is 44.8 Å². The summed E-state index contributed by atoms with van der Waals surface area (Å²) in [7, 11) is 0. The second-order valence-corrected chi connectivity index (χ2v) is 9.63. The Kier molecular flexibility index (Phi) is 6.88. The van der Waals surface area contributed by atoms with Gasteiger partial charge >= 0.3 is 6.09 Å². The number of carboxylic acid groups (broad SMARTS) is 1. The van der Waals surface area contributed by atoms with E-state index in [2.05, 4.69) is 20.6 Å². The number of rotatable bonds is 5. The zero-order valence-corrected chi connectivity index (χ0v) is 21.0. The number of aromatic nitrogens is 3. The fraction of sp³-hybridized carbons (Fsp3) is 0.400. The van der Waals surface area contributed by atoms with Crippen molar-refractivity contribution in [3.63, 3.8) is 0 Å². The summed E-state index contributed by atoms with van der Waals surface area (Å²) in [6, 6.07) is 6.32. The highest BCUT2D eigenvalue weighted by Crippen LogP contribution is 2.39. The minimum absolute atomic E-state index is 0.203. The van der Waals surface area contributed by atoms with Crippen LogP contribution >= 0.6 is 11.6 Å². The summed E-state index contributed by atoms with van der Waals surface area (Å²) in [6.45, 7) is 2.96. The highest BCUT2D eigenvalue weighted by molar-refractivity contribution is 6.36. The summed E-state index contributed by atoms with van der Waals surface area (Å²) < 4.78 is 7.74. The molecule has 0 spiro atoms. The number of hydrogen-bond acceptors (Lipinski definition) is 6. The van der Waals surface area contributed by atoms with Crippen LogP contribution in [0.1, 0.15) is 47.8 Å². The van der Waals surface area contributed by atoms with Crippen molar-refractivity contribution >= 4 is 46.5 Å². The summed E-state index contributed by atoms with van der Waals surface area (Å²) in [5.74, 6) is 0.000190. The highest BCUT2D eigenvalue weighted by atomic mass is 35.5. The first-order valence-electron chi connectivity index (χ1n) is 12.2. The Hall–Kier alpha value is -3.86. The molecular formula is C25H27ClN6O5. The van der Waals surface area contributed by atoms with E-state index in [0.717, 1.165) is 12.8 Å². The Bertz CT molecular complexity index is 1380. The van der Waals surface area contributed by atoms with Gasteiger partial charge in [0.1, 0.15) is 10.8 Å². The molecular weight excluding hydrogens is 500 g/mol. The van der Waals surface area contributed by atoms with E-state index in [1.807, 2.05) is 0 Å². The van der Waals surface area contributed by atoms with Crippen molar-refractivity contribution in [3.05, 3.63) is 46.7 Å². The van der Waals surface area contributed by atoms with Crippen LogP contribution in [0.3, 0.4) is 0 Å². The third-order valence-electron chi connectivity index (χ3n) is 6.69. The molecule has 2 aliphatic rings. The van der Waals surface area contributed by atoms with E-state index in [0.29, 0.717) is 54.0 Å². The minimum atomic E-state index is -1.00. The average molecular weight is 527 g/mol. The Balaban J connectivity index is 1.59. The van der Waals surface area contributed by atoms with Crippen molar-refractivity contribution < 1.29 is 24.2 Å². The van der Waals surface area contributed by atoms with Crippen LogP contribution in [0.5, 0.6) is 5.75 Å². The number of likely N-dealkylation sites (tertiary alicyclic amines) is 1. The molecule has 2 aromatic heterocycles. The van der Waals surface area contributed by atoms with Gasteiger partial charge in [0.25, 0.3) is 11.8 Å². The lowest BCUT2D eigenvalue weighted by atomic mass is 10.1. The van der Waals surface area contributed by atoms with Crippen molar-refractivity contribution in [2.75, 3.05) is 25.0 Å². The molecule has 1 aromatic carbocycles. The second-order valence-electron chi connectivity index (χ2n) is 9.26. The first-order valence-corrected chi connectivity index (χ1v) is 12.6. The van der Waals surface area contributed by atoms with E-state index >= 15 is 0 Å². The Morgan fingerprint density at radius 1 is 1.24 bits per heavy atom. The maximum Gasteiger partial charge on any atom is 0.407 e. The van der Waals surface area contributed by atoms with E-state index in [1.165, 1.54) is 4.90 Å². The SMILES string of the molecule is Cc1cc(C(=O)Nc2nc3ccc(OC4CCNC4=O)c(Cl)c3n2[C@@H]2CCCCN(C(=O)O)C2)ccn1. The molecule has 37 heavy (non-hydrogen) atoms. The lowest BCUT2D eigenvalue weighted by molar-refractivity contribution is -0.124. The minimum Gasteiger partial charge on any atom is -0.479 e. The monoisotopic (exact) mass is 526 g/mol. The smallest absolute Gasteiger partial charge is 0.407 e. The number of amides is 3. The third kappa shape index (κ3) is 5.04. The van der Waals surface area contributed by atoms with Crippen molar-refractivity contribution in [1.82, 2.24) is 24.8 Å². The lowest BCUT2D eigenvalue weighted by Crippen LogP contribution is -2.34. The van der Waals surface area contributed by atoms with E-state index in [9.17, 15) is 19.5 Å². The van der Waals surface area contributed by atoms with Crippen LogP contribution in [0.15, 0.2) is 30.5 Å². The first kappa shape index (κ1) is 24.8. The normalized spacial score (nSPS) is 19.9. The van der Waals surface area contributed by atoms with Gasteiger partial charge in [-0.3, -0.25) is 19.9 Å². The van der Waals surface area contributed by atoms with Gasteiger partial charge in [-0.25, -0.2) is 9.78 Å². The molecule has 5 rings (SSSR count). The molecule has 2 atom stereocenters. The number of carbonyl (C=O) groups is 3. The molecule has 0 bridgehead atoms. The summed E-state index contributed by atoms with van der Waals surface area (Å²) in [5, 5.41) is 15.6. The number of fused-ring (bicyclic) bond motifs is 1. The van der Waals surface area contributed by atoms with Gasteiger partial charge < -0.3 is 24.6 Å². The molecule has 2 saturated heterocycles. The van der Waals surface area contributed by atoms with E-state index in [-0.39, 0.29) is 35.4 Å². The maximum absolute atomic E-state index is 13.1. The van der Waals surface area contributed by atoms with Gasteiger partial charge in [0.15, 0.2) is 6.10 Å². The van der Waals surface area contributed by atoms with Gasteiger partial charge in [-0.1, -0.05) is 11.6 Å². The zero-order chi connectivity index (χ0) is 26.1. The maximum atomic E-state index is 13.1. The topological polar surface area (TPSA) is 139 Å². The molecule has 0 aliphatic carbocycles. The predicted molar refractivity (Wildman–Crippen MR) is 136 cm³/mol. The second kappa shape index (κ2) is 10.3. The van der Waals surface area contributed by atoms with Crippen LogP contribution in [-0.4, -0.2) is 68.2 Å². The van der Waals surface area contributed by atoms with E-state index < -0.39 is 12.2 Å². The lowest BCUT2D eigenvalue weighted by Gasteiger charge is -2.25. The van der Waals surface area contributed by atoms with Crippen LogP contribution in [0.2, 0.25) is 5.02 Å². The molecule has 3 aromatic rings. The quantitative estimate of drug-likeness (QED) is 0.461. The fourth-order valence-electron chi connectivity index (χ4n) is 4.87. The number of hydrogen-bond donors (Lipinski definition) is 3. The molecule has 194 valence electrons. The number of carbonyl (C=O) groups excluding carboxylic acids is 2. The van der Waals surface area contributed by atoms with Gasteiger partial charge in [-0.05, 0) is 50.5 Å². The zero-order valence-electron chi connectivity index (χ0n) is 20.2. The van der Waals surface area contributed by atoms with Gasteiger partial charge in [0.2, 0.25) is 5.95 Å². The predicted octanol–water partition coefficient (Wildman–Crippen LogP) is 3.62. The summed E-state index contributed by atoms with van der Waals surface area (Å²) in [6.07, 6.45) is 2.61. The molecule has 11 nitrogen and oxygen atoms in total. The van der Waals surface area contributed by atoms with Gasteiger partial charge in [0.05, 0.1) is 17.1 Å². The van der Waals surface area contributed by atoms with E-state index in [1.54, 1.807) is 42.0 Å². The van der Waals surface area contributed by atoms with Crippen molar-refractivity contribution in [1.29, 1.82) is 0 Å². The van der Waals surface area contributed by atoms with Crippen molar-refractivity contribution in [2.24, 2.45) is 0 Å². The molecule has 12 heteroatoms. The number of imidazole rings is 1. The van der Waals surface area contributed by atoms with E-state index in [4.69, 9.17) is 16.3 Å². The number of ether oxygens (including phenoxy) is 1. The molecule has 0 radical (unpaired) electrons. The number of nitrogens with zero attached hydrogens (tertiary/aromatic N) is 4. The molecule has 1 unspecified atom stereocenters. The molecule has 2 fully saturated rings. The summed E-state index contributed by atoms with van der Waals surface area (Å²) in [5.41, 5.74) is 2.14. The van der Waals surface area contributed by atoms with Crippen LogP contribution in [0.25, 0.3) is 11.0 Å². The Morgan fingerprint density at radius 2 is 2.08 bits per heavy atom. The standard InChI is InChI=1S/C25H27ClN6O5/c1-14-12-15(7-9-27-14)22(33)30-24-29-17-5-6-18(37-19-8-10-28-23(19)34)20(26)21(17)32(24)16-4-2-3-11-31(13-16)25(35)36/h5-7,9,12,16,19H,2-4,8,10-11,13H2,1H3,(H,28,34)(H,35,36)(H,29,30,33)/t16-,19?/m1/s1. The molecule has 3 N–H and O–H groups in total. The summed E-state index contributed by atoms with van der Waals surface area (Å²) >= 11 is 6.85. The Labute approximate surface area is 217 Å². The number of aryl methyl sites for hydroxylation is 1. The molecule has 3 amide bonds. The fourth-order valence-corrected chi connectivity index (χ4v) is 5.16.